The van der Waals surface area contributed by atoms with E-state index in [9.17, 15) is 4.79 Å². The fourth-order valence-corrected chi connectivity index (χ4v) is 5.98. The van der Waals surface area contributed by atoms with Crippen LogP contribution in [0.3, 0.4) is 0 Å². The summed E-state index contributed by atoms with van der Waals surface area (Å²) < 4.78 is 26.2. The minimum atomic E-state index is -3.09. The average molecular weight is 280 g/mol. The highest BCUT2D eigenvalue weighted by Gasteiger charge is 2.48. The molecule has 0 bridgehead atoms. The summed E-state index contributed by atoms with van der Waals surface area (Å²) >= 11 is 0. The normalized spacial score (nSPS) is 12.3. The van der Waals surface area contributed by atoms with Gasteiger partial charge < -0.3 is 22.1 Å². The average Bonchev–Trinajstić information content (AvgIpc) is 2.33. The van der Waals surface area contributed by atoms with E-state index in [0.717, 1.165) is 6.08 Å². The van der Waals surface area contributed by atoms with Crippen molar-refractivity contribution in [3.8, 4) is 0 Å². The highest BCUT2D eigenvalue weighted by Crippen LogP contribution is 2.16. The Bertz CT molecular complexity index is 256. The van der Waals surface area contributed by atoms with E-state index in [4.69, 9.17) is 22.1 Å². The van der Waals surface area contributed by atoms with Crippen LogP contribution in [0, 0.1) is 0 Å². The van der Waals surface area contributed by atoms with Crippen LogP contribution in [-0.2, 0) is 26.9 Å². The maximum atomic E-state index is 11.0. The molecule has 8 heteroatoms. The third-order valence-corrected chi connectivity index (χ3v) is 7.43. The highest BCUT2D eigenvalue weighted by molar-refractivity contribution is 6.79. The van der Waals surface area contributed by atoms with Gasteiger partial charge in [0.1, 0.15) is 6.23 Å². The molecule has 6 nitrogen and oxygen atoms in total. The lowest BCUT2D eigenvalue weighted by Gasteiger charge is -2.31. The van der Waals surface area contributed by atoms with Crippen LogP contribution in [-0.4, -0.2) is 50.9 Å². The van der Waals surface area contributed by atoms with Gasteiger partial charge >= 0.3 is 15.0 Å². The molecule has 0 fully saturated rings. The fourth-order valence-electron chi connectivity index (χ4n) is 1.05. The Morgan fingerprint density at radius 2 is 1.65 bits per heavy atom. The zero-order valence-electron chi connectivity index (χ0n) is 10.9. The second kappa shape index (κ2) is 7.04. The van der Waals surface area contributed by atoms with Gasteiger partial charge in [0, 0.05) is 27.4 Å². The molecule has 0 saturated heterocycles. The molecule has 0 aromatic carbocycles. The van der Waals surface area contributed by atoms with Crippen molar-refractivity contribution in [3.63, 3.8) is 0 Å². The van der Waals surface area contributed by atoms with Gasteiger partial charge in [-0.15, -0.1) is 0 Å². The molecule has 100 valence electrons. The molecule has 0 aliphatic carbocycles. The number of hydrogen-bond acceptors (Lipinski definition) is 6. The quantitative estimate of drug-likeness (QED) is 0.373. The van der Waals surface area contributed by atoms with Crippen LogP contribution in [0.15, 0.2) is 12.7 Å². The summed E-state index contributed by atoms with van der Waals surface area (Å²) in [6.45, 7) is 7.07. The molecule has 0 aromatic rings. The summed E-state index contributed by atoms with van der Waals surface area (Å²) in [5.41, 5.74) is 0. The molecule has 0 atom stereocenters. The molecule has 0 aromatic heterocycles. The van der Waals surface area contributed by atoms with Crippen LogP contribution in [0.2, 0.25) is 13.1 Å². The second-order valence-electron chi connectivity index (χ2n) is 3.79. The number of carbonyl (C=O) groups excluding carboxylic acids is 1. The summed E-state index contributed by atoms with van der Waals surface area (Å²) in [6, 6.07) is 0. The van der Waals surface area contributed by atoms with Crippen molar-refractivity contribution in [3.05, 3.63) is 12.7 Å². The topological polar surface area (TPSA) is 63.2 Å². The Kier molecular flexibility index (Phi) is 6.82. The van der Waals surface area contributed by atoms with Crippen LogP contribution in [0.5, 0.6) is 0 Å². The number of carbonyl (C=O) groups is 1. The van der Waals surface area contributed by atoms with Gasteiger partial charge in [-0.1, -0.05) is 6.58 Å². The van der Waals surface area contributed by atoms with Crippen molar-refractivity contribution < 1.29 is 26.9 Å². The molecule has 0 amide bonds. The zero-order chi connectivity index (χ0) is 13.5. The van der Waals surface area contributed by atoms with Crippen molar-refractivity contribution in [1.29, 1.82) is 0 Å². The zero-order valence-corrected chi connectivity index (χ0v) is 12.9. The SMILES string of the molecule is C=CC(=O)OC[Si](C)(C)O[Si](OC)(OC)OC. The first kappa shape index (κ1) is 16.5. The minimum absolute atomic E-state index is 0.183. The van der Waals surface area contributed by atoms with Gasteiger partial charge in [-0.2, -0.15) is 0 Å². The molecule has 0 heterocycles. The van der Waals surface area contributed by atoms with Crippen molar-refractivity contribution in [2.24, 2.45) is 0 Å². The molecule has 0 rings (SSSR count). The van der Waals surface area contributed by atoms with Crippen LogP contribution in [0.4, 0.5) is 0 Å². The monoisotopic (exact) mass is 280 g/mol. The van der Waals surface area contributed by atoms with Gasteiger partial charge in [0.15, 0.2) is 0 Å². The predicted molar refractivity (Wildman–Crippen MR) is 66.5 cm³/mol. The molecule has 0 N–H and O–H groups in total. The smallest absolute Gasteiger partial charge is 0.463 e. The molecule has 0 spiro atoms. The standard InChI is InChI=1S/C9H20O6Si2/c1-7-9(10)14-8-16(5,6)15-17(11-2,12-3)13-4/h7H,1,8H2,2-6H3. The van der Waals surface area contributed by atoms with Crippen molar-refractivity contribution in [2.45, 2.75) is 13.1 Å². The van der Waals surface area contributed by atoms with E-state index in [-0.39, 0.29) is 6.23 Å². The van der Waals surface area contributed by atoms with Crippen LogP contribution >= 0.6 is 0 Å². The lowest BCUT2D eigenvalue weighted by Crippen LogP contribution is -2.56. The Balaban J connectivity index is 4.49. The lowest BCUT2D eigenvalue weighted by atomic mass is 10.7. The van der Waals surface area contributed by atoms with Crippen LogP contribution < -0.4 is 0 Å². The number of hydrogen-bond donors (Lipinski definition) is 0. The second-order valence-corrected chi connectivity index (χ2v) is 10.6. The largest absolute Gasteiger partial charge is 0.668 e. The summed E-state index contributed by atoms with van der Waals surface area (Å²) in [5.74, 6) is -0.478. The van der Waals surface area contributed by atoms with Gasteiger partial charge in [-0.3, -0.25) is 0 Å². The molecule has 0 unspecified atom stereocenters. The maximum absolute atomic E-state index is 11.0. The Labute approximate surface area is 104 Å². The first-order chi connectivity index (χ1) is 7.84. The summed E-state index contributed by atoms with van der Waals surface area (Å²) in [6.07, 6.45) is 1.29. The first-order valence-corrected chi connectivity index (χ1v) is 9.74. The van der Waals surface area contributed by atoms with E-state index in [1.54, 1.807) is 0 Å². The summed E-state index contributed by atoms with van der Waals surface area (Å²) in [5, 5.41) is 0. The molecule has 0 saturated carbocycles. The van der Waals surface area contributed by atoms with E-state index in [1.165, 1.54) is 21.3 Å². The summed E-state index contributed by atoms with van der Waals surface area (Å²) in [7, 11) is -1.00. The first-order valence-electron chi connectivity index (χ1n) is 4.99. The van der Waals surface area contributed by atoms with E-state index < -0.39 is 23.3 Å². The van der Waals surface area contributed by atoms with Gasteiger partial charge in [0.25, 0.3) is 0 Å². The predicted octanol–water partition coefficient (Wildman–Crippen LogP) is 0.851. The molecule has 0 aliphatic heterocycles. The molecular weight excluding hydrogens is 260 g/mol. The van der Waals surface area contributed by atoms with Crippen LogP contribution in [0.25, 0.3) is 0 Å². The fraction of sp³-hybridized carbons (Fsp3) is 0.667. The minimum Gasteiger partial charge on any atom is -0.463 e. The van der Waals surface area contributed by atoms with E-state index in [2.05, 4.69) is 6.58 Å². The highest BCUT2D eigenvalue weighted by atomic mass is 28.5. The van der Waals surface area contributed by atoms with Gasteiger partial charge in [0.05, 0.1) is 0 Å². The van der Waals surface area contributed by atoms with Crippen molar-refractivity contribution in [2.75, 3.05) is 27.6 Å². The Hall–Kier alpha value is -0.516. The van der Waals surface area contributed by atoms with E-state index in [1.807, 2.05) is 13.1 Å². The Morgan fingerprint density at radius 1 is 1.18 bits per heavy atom. The third kappa shape index (κ3) is 5.57. The number of esters is 1. The van der Waals surface area contributed by atoms with E-state index >= 15 is 0 Å². The molecule has 0 radical (unpaired) electrons. The van der Waals surface area contributed by atoms with Crippen molar-refractivity contribution in [1.82, 2.24) is 0 Å². The third-order valence-electron chi connectivity index (χ3n) is 1.88. The number of ether oxygens (including phenoxy) is 1. The van der Waals surface area contributed by atoms with Gasteiger partial charge in [-0.25, -0.2) is 4.79 Å². The maximum Gasteiger partial charge on any atom is 0.668 e. The Morgan fingerprint density at radius 3 is 2.00 bits per heavy atom. The van der Waals surface area contributed by atoms with Gasteiger partial charge in [-0.05, 0) is 13.1 Å². The van der Waals surface area contributed by atoms with Crippen molar-refractivity contribution >= 4 is 23.3 Å². The lowest BCUT2D eigenvalue weighted by molar-refractivity contribution is -0.136. The summed E-state index contributed by atoms with van der Waals surface area (Å²) in [4.78, 5) is 11.0. The van der Waals surface area contributed by atoms with Gasteiger partial charge in [0.2, 0.25) is 8.32 Å². The molecule has 0 aliphatic rings. The molecule has 17 heavy (non-hydrogen) atoms. The van der Waals surface area contributed by atoms with Crippen LogP contribution in [0.1, 0.15) is 0 Å². The van der Waals surface area contributed by atoms with E-state index in [0.29, 0.717) is 0 Å². The number of rotatable bonds is 8. The molecular formula is C9H20O6Si2.